The number of rotatable bonds is 7. The van der Waals surface area contributed by atoms with Crippen molar-refractivity contribution in [2.75, 3.05) is 10.2 Å². The van der Waals surface area contributed by atoms with Crippen LogP contribution in [0.4, 0.5) is 29.7 Å². The fourth-order valence-corrected chi connectivity index (χ4v) is 4.83. The lowest BCUT2D eigenvalue weighted by Crippen LogP contribution is -2.64. The highest BCUT2D eigenvalue weighted by Crippen LogP contribution is 2.38. The lowest BCUT2D eigenvalue weighted by atomic mass is 9.44. The lowest BCUT2D eigenvalue weighted by Gasteiger charge is -2.46. The van der Waals surface area contributed by atoms with E-state index in [1.165, 1.54) is 29.4 Å². The quantitative estimate of drug-likeness (QED) is 0.473. The maximum absolute atomic E-state index is 13.4. The van der Waals surface area contributed by atoms with E-state index >= 15 is 0 Å². The predicted molar refractivity (Wildman–Crippen MR) is 151 cm³/mol. The number of hydrogen-bond donors (Lipinski definition) is 1. The number of carbonyl (C=O) groups is 1. The molecule has 3 aromatic rings. The molecule has 10 radical (unpaired) electrons. The highest BCUT2D eigenvalue weighted by atomic mass is 19.4. The van der Waals surface area contributed by atoms with Crippen LogP contribution in [0.1, 0.15) is 38.1 Å². The molecule has 1 aliphatic rings. The Kier molecular flexibility index (Phi) is 7.82. The van der Waals surface area contributed by atoms with Crippen LogP contribution in [0.5, 0.6) is 0 Å². The molecule has 1 saturated heterocycles. The molecule has 1 aromatic carbocycles. The topological polar surface area (TPSA) is 74.2 Å². The van der Waals surface area contributed by atoms with Crippen molar-refractivity contribution in [2.24, 2.45) is 5.92 Å². The van der Waals surface area contributed by atoms with Crippen molar-refractivity contribution in [1.29, 1.82) is 0 Å². The first-order valence-electron chi connectivity index (χ1n) is 12.3. The number of alkyl halides is 3. The van der Waals surface area contributed by atoms with Crippen molar-refractivity contribution in [3.05, 3.63) is 66.1 Å². The van der Waals surface area contributed by atoms with E-state index in [4.69, 9.17) is 39.2 Å². The van der Waals surface area contributed by atoms with Crippen LogP contribution in [-0.2, 0) is 6.18 Å². The Bertz CT molecular complexity index is 1380. The van der Waals surface area contributed by atoms with Crippen molar-refractivity contribution >= 4 is 57.0 Å². The first-order valence-corrected chi connectivity index (χ1v) is 12.3. The monoisotopic (exact) mass is 534 g/mol. The normalized spacial score (nSPS) is 18.3. The van der Waals surface area contributed by atoms with E-state index in [-0.39, 0.29) is 17.7 Å². The number of nitrogens with one attached hydrogen (secondary N) is 1. The Balaban J connectivity index is 1.56. The Morgan fingerprint density at radius 3 is 2.27 bits per heavy atom. The molecule has 194 valence electrons. The van der Waals surface area contributed by atoms with Crippen LogP contribution >= 0.6 is 0 Å². The number of hydrogen-bond acceptors (Lipinski definition) is 5. The molecule has 0 bridgehead atoms. The molecule has 2 aromatic heterocycles. The van der Waals surface area contributed by atoms with Crippen LogP contribution < -0.4 is 10.2 Å². The zero-order valence-corrected chi connectivity index (χ0v) is 22.1. The van der Waals surface area contributed by atoms with E-state index in [1.54, 1.807) is 25.1 Å². The molecule has 2 atom stereocenters. The van der Waals surface area contributed by atoms with Gasteiger partial charge < -0.3 is 10.2 Å². The third-order valence-corrected chi connectivity index (χ3v) is 6.54. The highest BCUT2D eigenvalue weighted by molar-refractivity contribution is 6.61. The Morgan fingerprint density at radius 1 is 1.00 bits per heavy atom. The highest BCUT2D eigenvalue weighted by Gasteiger charge is 2.54. The number of benzene rings is 1. The molecule has 1 N–H and O–H groups in total. The van der Waals surface area contributed by atoms with E-state index in [1.807, 2.05) is 13.8 Å². The van der Waals surface area contributed by atoms with Crippen molar-refractivity contribution < 1.29 is 18.0 Å². The molecule has 0 spiro atoms. The van der Waals surface area contributed by atoms with Crippen LogP contribution in [0.25, 0.3) is 11.1 Å². The third-order valence-electron chi connectivity index (χ3n) is 6.54. The molecule has 2 amide bonds. The van der Waals surface area contributed by atoms with Gasteiger partial charge in [-0.05, 0) is 48.0 Å². The van der Waals surface area contributed by atoms with E-state index < -0.39 is 40.4 Å². The summed E-state index contributed by atoms with van der Waals surface area (Å²) < 4.78 is 39.3. The molecule has 1 fully saturated rings. The van der Waals surface area contributed by atoms with Gasteiger partial charge in [0.15, 0.2) is 0 Å². The number of halogens is 3. The van der Waals surface area contributed by atoms with Gasteiger partial charge in [0.05, 0.1) is 56.5 Å². The SMILES string of the molecule is [B]C([B])([B])N1C(=O)N(c2ccnc(N[C@@H](C)c3ccc(-c4cccc(C(F)(F)F)c4)cn3)n2)C(C(C)C)C1([B])[B]. The number of pyridine rings is 1. The van der Waals surface area contributed by atoms with Gasteiger partial charge >= 0.3 is 12.2 Å². The summed E-state index contributed by atoms with van der Waals surface area (Å²) in [5, 5.41) is -0.823. The molecule has 15 heteroatoms. The summed E-state index contributed by atoms with van der Waals surface area (Å²) in [6.07, 6.45) is -1.50. The molecule has 4 rings (SSSR count). The number of carbonyl (C=O) groups excluding carboxylic acids is 1. The Morgan fingerprint density at radius 2 is 1.70 bits per heavy atom. The smallest absolute Gasteiger partial charge is 0.354 e. The molecule has 1 aliphatic heterocycles. The van der Waals surface area contributed by atoms with Gasteiger partial charge in [0, 0.05) is 24.0 Å². The van der Waals surface area contributed by atoms with Gasteiger partial charge in [-0.2, -0.15) is 18.2 Å². The van der Waals surface area contributed by atoms with E-state index in [9.17, 15) is 18.0 Å². The second kappa shape index (κ2) is 10.6. The van der Waals surface area contributed by atoms with Crippen molar-refractivity contribution in [3.8, 4) is 11.1 Å². The number of amides is 2. The Labute approximate surface area is 237 Å². The zero-order chi connectivity index (χ0) is 29.6. The van der Waals surface area contributed by atoms with Crippen LogP contribution in [0.15, 0.2) is 54.9 Å². The molecular weight excluding hydrogens is 511 g/mol. The fraction of sp³-hybridized carbons (Fsp3) is 0.360. The first kappa shape index (κ1) is 29.6. The van der Waals surface area contributed by atoms with Crippen molar-refractivity contribution in [3.63, 3.8) is 0 Å². The predicted octanol–water partition coefficient (Wildman–Crippen LogP) is 3.10. The van der Waals surface area contributed by atoms with E-state index in [0.29, 0.717) is 16.8 Å². The van der Waals surface area contributed by atoms with Gasteiger partial charge in [-0.3, -0.25) is 9.88 Å². The number of nitrogens with zero attached hydrogens (tertiary/aromatic N) is 5. The molecule has 3 heterocycles. The van der Waals surface area contributed by atoms with Crippen LogP contribution in [-0.4, -0.2) is 81.7 Å². The van der Waals surface area contributed by atoms with E-state index in [0.717, 1.165) is 17.0 Å². The second-order valence-corrected chi connectivity index (χ2v) is 10.1. The fourth-order valence-electron chi connectivity index (χ4n) is 4.83. The van der Waals surface area contributed by atoms with Crippen LogP contribution in [0.3, 0.4) is 0 Å². The van der Waals surface area contributed by atoms with Gasteiger partial charge in [-0.1, -0.05) is 37.3 Å². The maximum Gasteiger partial charge on any atom is 0.416 e. The summed E-state index contributed by atoms with van der Waals surface area (Å²) in [5.74, 6) is 0.117. The molecule has 40 heavy (non-hydrogen) atoms. The minimum atomic E-state index is -4.44. The van der Waals surface area contributed by atoms with Gasteiger partial charge in [-0.25, -0.2) is 9.78 Å². The van der Waals surface area contributed by atoms with E-state index in [2.05, 4.69) is 20.3 Å². The first-order chi connectivity index (χ1) is 18.5. The van der Waals surface area contributed by atoms with Crippen LogP contribution in [0, 0.1) is 5.92 Å². The third kappa shape index (κ3) is 5.74. The Hall–Kier alpha value is -3.37. The average Bonchev–Trinajstić information content (AvgIpc) is 3.08. The number of anilines is 2. The lowest BCUT2D eigenvalue weighted by molar-refractivity contribution is -0.137. The van der Waals surface area contributed by atoms with Crippen molar-refractivity contribution in [2.45, 2.75) is 49.6 Å². The standard InChI is InChI=1S/C25H22B5F3N6O/c1-13(2)20-23(26,27)39(25(28,29)30)22(40)38(20)19-9-10-34-21(37-19)36-14(3)18-8-7-16(12-35-18)15-5-4-6-17(11-15)24(31,32)33/h4-14,20H,1-3H3,(H,34,36,37)/t14-,20?/m0/s1. The zero-order valence-electron chi connectivity index (χ0n) is 22.1. The minimum absolute atomic E-state index is 0.168. The minimum Gasteiger partial charge on any atom is -0.354 e. The number of urea groups is 1. The molecule has 1 unspecified atom stereocenters. The summed E-state index contributed by atoms with van der Waals surface area (Å²) >= 11 is 0. The molecule has 7 nitrogen and oxygen atoms in total. The van der Waals surface area contributed by atoms with Gasteiger partial charge in [-0.15, -0.1) is 0 Å². The maximum atomic E-state index is 13.4. The van der Waals surface area contributed by atoms with Crippen LogP contribution in [0.2, 0.25) is 0 Å². The average molecular weight is 534 g/mol. The number of aromatic nitrogens is 3. The van der Waals surface area contributed by atoms with Gasteiger partial charge in [0.2, 0.25) is 5.95 Å². The summed E-state index contributed by atoms with van der Waals surface area (Å²) in [5.41, 5.74) is 0.759. The molecule has 0 aliphatic carbocycles. The summed E-state index contributed by atoms with van der Waals surface area (Å²) in [4.78, 5) is 28.6. The summed E-state index contributed by atoms with van der Waals surface area (Å²) in [7, 11) is 30.1. The molecular formula is C25H22B5F3N6O. The molecule has 0 saturated carbocycles. The van der Waals surface area contributed by atoms with Gasteiger partial charge in [0.25, 0.3) is 0 Å². The second-order valence-electron chi connectivity index (χ2n) is 10.1. The largest absolute Gasteiger partial charge is 0.416 e. The summed E-state index contributed by atoms with van der Waals surface area (Å²) in [6, 6.07) is 7.98. The summed E-state index contributed by atoms with van der Waals surface area (Å²) in [6.45, 7) is 5.45. The van der Waals surface area contributed by atoms with Gasteiger partial charge in [0.1, 0.15) is 5.82 Å². The van der Waals surface area contributed by atoms with Crippen molar-refractivity contribution in [1.82, 2.24) is 19.9 Å².